The van der Waals surface area contributed by atoms with Crippen LogP contribution < -0.4 is 88.7 Å². The Bertz CT molecular complexity index is 907. The molecule has 3 aliphatic heterocycles. The van der Waals surface area contributed by atoms with Crippen LogP contribution in [0.4, 0.5) is 0 Å². The zero-order valence-corrected chi connectivity index (χ0v) is 25.0. The Kier molecular flexibility index (Phi) is 12.6. The Morgan fingerprint density at radius 1 is 0.933 bits per heavy atom. The molecular weight excluding hydrogens is 474 g/mol. The van der Waals surface area contributed by atoms with Gasteiger partial charge < -0.3 is 28.8 Å². The summed E-state index contributed by atoms with van der Waals surface area (Å²) in [5.74, 6) is 0.0485. The third kappa shape index (κ3) is 8.88. The zero-order chi connectivity index (χ0) is 20.0. The van der Waals surface area contributed by atoms with Gasteiger partial charge in [0.2, 0.25) is 11.6 Å². The second-order valence-electron chi connectivity index (χ2n) is 6.02. The van der Waals surface area contributed by atoms with E-state index in [-0.39, 0.29) is 105 Å². The van der Waals surface area contributed by atoms with Gasteiger partial charge in [-0.15, -0.1) is 3.97 Å². The molecule has 17 heteroatoms. The second kappa shape index (κ2) is 12.1. The van der Waals surface area contributed by atoms with E-state index in [4.69, 9.17) is 9.79 Å². The van der Waals surface area contributed by atoms with Crippen LogP contribution in [0, 0.1) is 0 Å². The average molecular weight is 495 g/mol. The van der Waals surface area contributed by atoms with E-state index in [0.29, 0.717) is 24.2 Å². The first-order valence-electron chi connectivity index (χ1n) is 7.89. The van der Waals surface area contributed by atoms with Gasteiger partial charge in [0.05, 0.1) is 12.8 Å². The van der Waals surface area contributed by atoms with Crippen molar-refractivity contribution in [2.24, 2.45) is 0 Å². The molecule has 0 unspecified atom stereocenters. The van der Waals surface area contributed by atoms with E-state index >= 15 is 0 Å². The molecule has 0 bridgehead atoms. The first kappa shape index (κ1) is 31.2. The monoisotopic (exact) mass is 495 g/mol. The van der Waals surface area contributed by atoms with Crippen LogP contribution in [0.3, 0.4) is 0 Å². The number of rotatable bonds is 6. The van der Waals surface area contributed by atoms with Crippen molar-refractivity contribution in [3.8, 4) is 0 Å². The van der Waals surface area contributed by atoms with Crippen LogP contribution in [0.1, 0.15) is 4.28 Å². The van der Waals surface area contributed by atoms with Crippen molar-refractivity contribution in [1.82, 2.24) is 14.7 Å². The van der Waals surface area contributed by atoms with Gasteiger partial charge in [-0.3, -0.25) is 13.8 Å². The van der Waals surface area contributed by atoms with E-state index in [1.807, 2.05) is 14.7 Å². The Hall–Kier alpha value is 1.24. The van der Waals surface area contributed by atoms with Crippen molar-refractivity contribution in [2.75, 3.05) is 46.4 Å². The van der Waals surface area contributed by atoms with Crippen molar-refractivity contribution in [3.05, 3.63) is 23.2 Å². The van der Waals surface area contributed by atoms with Crippen molar-refractivity contribution in [2.45, 2.75) is 0 Å². The molecular formula is C13H21N3Na3O9PS. The zero-order valence-electron chi connectivity index (χ0n) is 20.3. The molecule has 12 nitrogen and oxygen atoms in total. The summed E-state index contributed by atoms with van der Waals surface area (Å²) in [6, 6.07) is 0. The van der Waals surface area contributed by atoms with E-state index in [9.17, 15) is 22.6 Å². The summed E-state index contributed by atoms with van der Waals surface area (Å²) in [4.78, 5) is 46.3. The van der Waals surface area contributed by atoms with Gasteiger partial charge in [-0.05, 0) is 0 Å². The topological polar surface area (TPSA) is 153 Å². The standard InChI is InChI=1S/C12H13N3O2.CH5O7PS.3Na.3H/c16-9-7-8(13-1-2-13)12(17)11(15-5-6-15)10(9)14-3-4-14;1-7-10(5,6)8-9(2,3)4;;;;;;/h7H,1-6H2;1H3,(H2,2,3,4);;;;;;/q;;3*+1;3*-1. The van der Waals surface area contributed by atoms with Crippen LogP contribution in [-0.2, 0) is 32.7 Å². The number of hydrogen-bond acceptors (Lipinski definition) is 10. The fourth-order valence-electron chi connectivity index (χ4n) is 2.42. The first-order valence-corrected chi connectivity index (χ1v) is 10.8. The minimum Gasteiger partial charge on any atom is -1.00 e. The van der Waals surface area contributed by atoms with Crippen LogP contribution >= 0.6 is 7.82 Å². The molecule has 0 amide bonds. The molecule has 30 heavy (non-hydrogen) atoms. The van der Waals surface area contributed by atoms with Gasteiger partial charge in [0.1, 0.15) is 11.4 Å². The van der Waals surface area contributed by atoms with Gasteiger partial charge in [0, 0.05) is 45.3 Å². The van der Waals surface area contributed by atoms with Gasteiger partial charge in [-0.2, -0.15) is 8.42 Å². The van der Waals surface area contributed by atoms with Crippen LogP contribution in [0.15, 0.2) is 23.2 Å². The summed E-state index contributed by atoms with van der Waals surface area (Å²) in [6.07, 6.45) is 1.52. The third-order valence-corrected chi connectivity index (χ3v) is 5.80. The molecule has 3 heterocycles. The van der Waals surface area contributed by atoms with E-state index < -0.39 is 18.2 Å². The number of nitrogens with zero attached hydrogens (tertiary/aromatic N) is 3. The summed E-state index contributed by atoms with van der Waals surface area (Å²) < 4.78 is 36.7. The molecule has 0 aromatic heterocycles. The summed E-state index contributed by atoms with van der Waals surface area (Å²) in [7, 11) is -8.84. The molecule has 3 saturated heterocycles. The van der Waals surface area contributed by atoms with E-state index in [0.717, 1.165) is 39.3 Å². The van der Waals surface area contributed by atoms with Gasteiger partial charge >= 0.3 is 107 Å². The number of carbonyl (C=O) groups is 2. The molecule has 2 N–H and O–H groups in total. The second-order valence-corrected chi connectivity index (χ2v) is 8.75. The molecule has 0 aromatic rings. The molecule has 4 aliphatic rings. The van der Waals surface area contributed by atoms with Crippen molar-refractivity contribution in [1.29, 1.82) is 0 Å². The summed E-state index contributed by atoms with van der Waals surface area (Å²) in [6.45, 7) is 5.41. The van der Waals surface area contributed by atoms with Crippen molar-refractivity contribution >= 4 is 29.8 Å². The first-order chi connectivity index (χ1) is 12.5. The smallest absolute Gasteiger partial charge is 1.00 e. The van der Waals surface area contributed by atoms with Crippen molar-refractivity contribution < 1.29 is 133 Å². The maximum Gasteiger partial charge on any atom is 1.00 e. The minimum atomic E-state index is -5.02. The normalized spacial score (nSPS) is 19.6. The summed E-state index contributed by atoms with van der Waals surface area (Å²) in [5, 5.41) is 0. The maximum absolute atomic E-state index is 12.4. The Morgan fingerprint density at radius 2 is 1.37 bits per heavy atom. The van der Waals surface area contributed by atoms with Gasteiger partial charge in [0.25, 0.3) is 0 Å². The fraction of sp³-hybridized carbons (Fsp3) is 0.538. The number of phosphoric acid groups is 1. The summed E-state index contributed by atoms with van der Waals surface area (Å²) in [5.41, 5.74) is 1.89. The van der Waals surface area contributed by atoms with E-state index in [1.165, 1.54) is 6.08 Å². The van der Waals surface area contributed by atoms with Crippen LogP contribution in [0.2, 0.25) is 0 Å². The van der Waals surface area contributed by atoms with Crippen molar-refractivity contribution in [3.63, 3.8) is 0 Å². The Morgan fingerprint density at radius 3 is 1.70 bits per heavy atom. The molecule has 4 rings (SSSR count). The van der Waals surface area contributed by atoms with E-state index in [1.54, 1.807) is 0 Å². The SMILES string of the molecule is COS(=O)(=O)OP(=O)(O)O.O=C1C=C(N2CC2)C(=O)C(N2CC2)=C1N1CC1.[H-].[H-].[H-].[Na+].[Na+].[Na+]. The molecule has 0 aromatic carbocycles. The van der Waals surface area contributed by atoms with E-state index in [2.05, 4.69) is 8.15 Å². The van der Waals surface area contributed by atoms with Crippen LogP contribution in [0.5, 0.6) is 0 Å². The number of Topliss-reactive ketones (excluding diaryl/α,β-unsaturated/α-hetero) is 1. The van der Waals surface area contributed by atoms with Crippen LogP contribution in [-0.4, -0.2) is 90.8 Å². The quantitative estimate of drug-likeness (QED) is 0.156. The molecule has 0 radical (unpaired) electrons. The number of allylic oxidation sites excluding steroid dienone is 1. The third-order valence-electron chi connectivity index (χ3n) is 3.88. The number of ketones is 2. The number of hydrogen-bond donors (Lipinski definition) is 2. The molecule has 0 atom stereocenters. The molecule has 0 saturated carbocycles. The molecule has 0 spiro atoms. The fourth-order valence-corrected chi connectivity index (χ4v) is 3.62. The predicted octanol–water partition coefficient (Wildman–Crippen LogP) is -10.5. The Labute approximate surface area is 244 Å². The maximum atomic E-state index is 12.4. The molecule has 3 fully saturated rings. The average Bonchev–Trinajstić information content (AvgIpc) is 3.39. The number of carbonyl (C=O) groups excluding carboxylic acids is 2. The molecule has 1 aliphatic carbocycles. The largest absolute Gasteiger partial charge is 1.00 e. The van der Waals surface area contributed by atoms with Gasteiger partial charge in [0.15, 0.2) is 0 Å². The Balaban J connectivity index is -0.000000238. The summed E-state index contributed by atoms with van der Waals surface area (Å²) >= 11 is 0. The predicted molar refractivity (Wildman–Crippen MR) is 92.2 cm³/mol. The van der Waals surface area contributed by atoms with Crippen LogP contribution in [0.25, 0.3) is 0 Å². The van der Waals surface area contributed by atoms with Gasteiger partial charge in [-0.25, -0.2) is 4.57 Å². The molecule has 156 valence electrons. The van der Waals surface area contributed by atoms with Gasteiger partial charge in [-0.1, -0.05) is 0 Å². The minimum absolute atomic E-state index is 0.